The number of carbonyl (C=O) groups is 1. The molecule has 0 radical (unpaired) electrons. The summed E-state index contributed by atoms with van der Waals surface area (Å²) in [5.41, 5.74) is 1.06. The molecule has 78 valence electrons. The Balaban J connectivity index is 3.00. The number of nitrogens with zero attached hydrogens (tertiary/aromatic N) is 1. The molecular formula is C12H13NO2. The molecule has 0 bridgehead atoms. The van der Waals surface area contributed by atoms with E-state index in [1.54, 1.807) is 43.5 Å². The minimum atomic E-state index is -0.352. The second-order valence-electron chi connectivity index (χ2n) is 2.75. The van der Waals surface area contributed by atoms with E-state index in [2.05, 4.69) is 11.6 Å². The van der Waals surface area contributed by atoms with Gasteiger partial charge in [-0.05, 0) is 25.1 Å². The third-order valence-electron chi connectivity index (χ3n) is 1.72. The van der Waals surface area contributed by atoms with Gasteiger partial charge in [-0.15, -0.1) is 0 Å². The fraction of sp³-hybridized carbons (Fsp3) is 0.167. The molecule has 0 saturated heterocycles. The summed E-state index contributed by atoms with van der Waals surface area (Å²) in [4.78, 5) is 15.6. The van der Waals surface area contributed by atoms with Crippen LogP contribution in [0.25, 0.3) is 6.08 Å². The van der Waals surface area contributed by atoms with Crippen molar-refractivity contribution in [1.29, 1.82) is 0 Å². The Labute approximate surface area is 89.1 Å². The summed E-state index contributed by atoms with van der Waals surface area (Å²) >= 11 is 0. The zero-order valence-electron chi connectivity index (χ0n) is 8.64. The van der Waals surface area contributed by atoms with Crippen LogP contribution in [-0.2, 0) is 4.74 Å². The maximum atomic E-state index is 11.5. The fourth-order valence-electron chi connectivity index (χ4n) is 1.09. The summed E-state index contributed by atoms with van der Waals surface area (Å²) in [6.45, 7) is 5.69. The van der Waals surface area contributed by atoms with E-state index in [0.717, 1.165) is 0 Å². The Morgan fingerprint density at radius 1 is 1.67 bits per heavy atom. The van der Waals surface area contributed by atoms with Crippen LogP contribution in [-0.4, -0.2) is 17.6 Å². The largest absolute Gasteiger partial charge is 0.462 e. The van der Waals surface area contributed by atoms with E-state index >= 15 is 0 Å². The normalized spacial score (nSPS) is 10.2. The molecule has 15 heavy (non-hydrogen) atoms. The van der Waals surface area contributed by atoms with Crippen molar-refractivity contribution < 1.29 is 9.53 Å². The van der Waals surface area contributed by atoms with Crippen molar-refractivity contribution in [3.63, 3.8) is 0 Å². The van der Waals surface area contributed by atoms with Crippen LogP contribution in [0.1, 0.15) is 23.0 Å². The number of aromatic nitrogens is 1. The molecule has 0 spiro atoms. The lowest BCUT2D eigenvalue weighted by Gasteiger charge is -2.03. The smallest absolute Gasteiger partial charge is 0.340 e. The molecule has 0 aliphatic rings. The minimum absolute atomic E-state index is 0.352. The Morgan fingerprint density at radius 3 is 3.13 bits per heavy atom. The monoisotopic (exact) mass is 203 g/mol. The number of hydrogen-bond donors (Lipinski definition) is 0. The number of hydrogen-bond acceptors (Lipinski definition) is 3. The summed E-state index contributed by atoms with van der Waals surface area (Å²) in [5.74, 6) is -0.352. The van der Waals surface area contributed by atoms with Gasteiger partial charge in [0.1, 0.15) is 0 Å². The van der Waals surface area contributed by atoms with E-state index in [1.807, 2.05) is 0 Å². The molecule has 0 aromatic carbocycles. The lowest BCUT2D eigenvalue weighted by molar-refractivity contribution is 0.0525. The molecule has 1 heterocycles. The third kappa shape index (κ3) is 3.06. The van der Waals surface area contributed by atoms with Gasteiger partial charge in [0.2, 0.25) is 0 Å². The van der Waals surface area contributed by atoms with Gasteiger partial charge in [0.15, 0.2) is 0 Å². The van der Waals surface area contributed by atoms with Crippen LogP contribution in [0.15, 0.2) is 37.1 Å². The van der Waals surface area contributed by atoms with Crippen LogP contribution in [0.3, 0.4) is 0 Å². The average Bonchev–Trinajstić information content (AvgIpc) is 2.27. The molecule has 0 saturated carbocycles. The number of esters is 1. The molecule has 0 N–H and O–H groups in total. The standard InChI is InChI=1S/C12H13NO2/c1-3-5-8-11-10(7-6-9-13-11)12(14)15-4-2/h3,5-9H,1,4H2,2H3. The molecule has 1 aromatic rings. The summed E-state index contributed by atoms with van der Waals surface area (Å²) in [6, 6.07) is 3.39. The maximum Gasteiger partial charge on any atom is 0.340 e. The SMILES string of the molecule is C=CC=Cc1ncccc1C(=O)OCC. The number of pyridine rings is 1. The summed E-state index contributed by atoms with van der Waals surface area (Å²) in [6.07, 6.45) is 6.71. The van der Waals surface area contributed by atoms with E-state index in [0.29, 0.717) is 17.9 Å². The predicted octanol–water partition coefficient (Wildman–Crippen LogP) is 2.46. The van der Waals surface area contributed by atoms with Crippen molar-refractivity contribution in [2.75, 3.05) is 6.61 Å². The first kappa shape index (κ1) is 11.2. The van der Waals surface area contributed by atoms with Gasteiger partial charge in [-0.3, -0.25) is 4.98 Å². The van der Waals surface area contributed by atoms with Crippen LogP contribution < -0.4 is 0 Å². The summed E-state index contributed by atoms with van der Waals surface area (Å²) in [5, 5.41) is 0. The van der Waals surface area contributed by atoms with Gasteiger partial charge in [-0.1, -0.05) is 18.7 Å². The molecule has 0 fully saturated rings. The van der Waals surface area contributed by atoms with E-state index in [4.69, 9.17) is 4.74 Å². The highest BCUT2D eigenvalue weighted by Crippen LogP contribution is 2.09. The van der Waals surface area contributed by atoms with Crippen molar-refractivity contribution in [1.82, 2.24) is 4.98 Å². The van der Waals surface area contributed by atoms with Gasteiger partial charge >= 0.3 is 5.97 Å². The zero-order valence-corrected chi connectivity index (χ0v) is 8.64. The molecule has 0 aliphatic carbocycles. The first-order chi connectivity index (χ1) is 7.29. The molecule has 0 unspecified atom stereocenters. The van der Waals surface area contributed by atoms with Crippen molar-refractivity contribution in [2.24, 2.45) is 0 Å². The molecule has 1 aromatic heterocycles. The highest BCUT2D eigenvalue weighted by molar-refractivity contribution is 5.92. The highest BCUT2D eigenvalue weighted by Gasteiger charge is 2.10. The first-order valence-electron chi connectivity index (χ1n) is 4.70. The molecular weight excluding hydrogens is 190 g/mol. The second kappa shape index (κ2) is 5.75. The highest BCUT2D eigenvalue weighted by atomic mass is 16.5. The van der Waals surface area contributed by atoms with Crippen LogP contribution in [0.4, 0.5) is 0 Å². The maximum absolute atomic E-state index is 11.5. The zero-order chi connectivity index (χ0) is 11.1. The fourth-order valence-corrected chi connectivity index (χ4v) is 1.09. The number of ether oxygens (including phenoxy) is 1. The Morgan fingerprint density at radius 2 is 2.47 bits per heavy atom. The average molecular weight is 203 g/mol. The lowest BCUT2D eigenvalue weighted by Crippen LogP contribution is -2.07. The number of allylic oxidation sites excluding steroid dienone is 2. The number of carbonyl (C=O) groups excluding carboxylic acids is 1. The topological polar surface area (TPSA) is 39.2 Å². The van der Waals surface area contributed by atoms with E-state index in [9.17, 15) is 4.79 Å². The molecule has 0 aliphatic heterocycles. The Hall–Kier alpha value is -1.90. The summed E-state index contributed by atoms with van der Waals surface area (Å²) in [7, 11) is 0. The van der Waals surface area contributed by atoms with Crippen LogP contribution in [0, 0.1) is 0 Å². The van der Waals surface area contributed by atoms with Crippen molar-refractivity contribution in [3.8, 4) is 0 Å². The summed E-state index contributed by atoms with van der Waals surface area (Å²) < 4.78 is 4.91. The molecule has 3 nitrogen and oxygen atoms in total. The third-order valence-corrected chi connectivity index (χ3v) is 1.72. The van der Waals surface area contributed by atoms with E-state index < -0.39 is 0 Å². The number of rotatable bonds is 4. The van der Waals surface area contributed by atoms with Crippen molar-refractivity contribution >= 4 is 12.0 Å². The van der Waals surface area contributed by atoms with E-state index in [1.165, 1.54) is 0 Å². The van der Waals surface area contributed by atoms with Crippen LogP contribution in [0.5, 0.6) is 0 Å². The van der Waals surface area contributed by atoms with Crippen LogP contribution >= 0.6 is 0 Å². The molecule has 0 amide bonds. The van der Waals surface area contributed by atoms with Gasteiger partial charge in [0, 0.05) is 6.20 Å². The quantitative estimate of drug-likeness (QED) is 0.557. The molecule has 3 heteroatoms. The lowest BCUT2D eigenvalue weighted by atomic mass is 10.2. The van der Waals surface area contributed by atoms with Crippen LogP contribution in [0.2, 0.25) is 0 Å². The van der Waals surface area contributed by atoms with Crippen molar-refractivity contribution in [2.45, 2.75) is 6.92 Å². The second-order valence-corrected chi connectivity index (χ2v) is 2.75. The first-order valence-corrected chi connectivity index (χ1v) is 4.70. The minimum Gasteiger partial charge on any atom is -0.462 e. The van der Waals surface area contributed by atoms with Gasteiger partial charge < -0.3 is 4.74 Å². The Bertz CT molecular complexity index is 383. The predicted molar refractivity (Wildman–Crippen MR) is 59.4 cm³/mol. The van der Waals surface area contributed by atoms with E-state index in [-0.39, 0.29) is 5.97 Å². The Kier molecular flexibility index (Phi) is 4.29. The molecule has 1 rings (SSSR count). The van der Waals surface area contributed by atoms with Gasteiger partial charge in [0.25, 0.3) is 0 Å². The van der Waals surface area contributed by atoms with Gasteiger partial charge in [0.05, 0.1) is 17.9 Å². The van der Waals surface area contributed by atoms with Gasteiger partial charge in [-0.2, -0.15) is 0 Å². The van der Waals surface area contributed by atoms with Crippen molar-refractivity contribution in [3.05, 3.63) is 48.3 Å². The molecule has 0 atom stereocenters. The van der Waals surface area contributed by atoms with Gasteiger partial charge in [-0.25, -0.2) is 4.79 Å².